The van der Waals surface area contributed by atoms with Crippen molar-refractivity contribution in [3.63, 3.8) is 0 Å². The van der Waals surface area contributed by atoms with Gasteiger partial charge in [0.1, 0.15) is 5.38 Å². The molecule has 0 heterocycles. The molecule has 4 heteroatoms. The van der Waals surface area contributed by atoms with Crippen LogP contribution in [0.25, 0.3) is 0 Å². The van der Waals surface area contributed by atoms with Gasteiger partial charge in [-0.05, 0) is 24.6 Å². The summed E-state index contributed by atoms with van der Waals surface area (Å²) in [6.45, 7) is 1.48. The molecule has 3 nitrogen and oxygen atoms in total. The zero-order chi connectivity index (χ0) is 14.5. The number of anilines is 1. The molecule has 0 fully saturated rings. The van der Waals surface area contributed by atoms with E-state index < -0.39 is 5.38 Å². The van der Waals surface area contributed by atoms with E-state index in [1.807, 2.05) is 18.2 Å². The molecule has 0 radical (unpaired) electrons. The van der Waals surface area contributed by atoms with Crippen molar-refractivity contribution in [2.24, 2.45) is 0 Å². The zero-order valence-electron chi connectivity index (χ0n) is 11.0. The van der Waals surface area contributed by atoms with E-state index in [0.717, 1.165) is 5.56 Å². The van der Waals surface area contributed by atoms with Crippen LogP contribution in [0.2, 0.25) is 0 Å². The topological polar surface area (TPSA) is 46.2 Å². The normalized spacial score (nSPS) is 11.7. The van der Waals surface area contributed by atoms with E-state index >= 15 is 0 Å². The van der Waals surface area contributed by atoms with E-state index in [0.29, 0.717) is 11.3 Å². The van der Waals surface area contributed by atoms with E-state index in [1.54, 1.807) is 36.4 Å². The summed E-state index contributed by atoms with van der Waals surface area (Å²) in [5.74, 6) is -0.370. The predicted octanol–water partition coefficient (Wildman–Crippen LogP) is 3.81. The van der Waals surface area contributed by atoms with Crippen LogP contribution >= 0.6 is 11.6 Å². The van der Waals surface area contributed by atoms with Crippen molar-refractivity contribution in [2.45, 2.75) is 12.3 Å². The molecule has 0 aliphatic carbocycles. The quantitative estimate of drug-likeness (QED) is 0.686. The summed E-state index contributed by atoms with van der Waals surface area (Å²) in [5, 5.41) is 1.95. The first kappa shape index (κ1) is 14.3. The molecule has 0 unspecified atom stereocenters. The summed E-state index contributed by atoms with van der Waals surface area (Å²) in [6.07, 6.45) is 0. The number of amides is 1. The highest BCUT2D eigenvalue weighted by Gasteiger charge is 2.17. The number of hydrogen-bond donors (Lipinski definition) is 1. The van der Waals surface area contributed by atoms with Gasteiger partial charge < -0.3 is 5.32 Å². The Kier molecular flexibility index (Phi) is 4.53. The van der Waals surface area contributed by atoms with Crippen LogP contribution < -0.4 is 5.32 Å². The largest absolute Gasteiger partial charge is 0.324 e. The third-order valence-corrected chi connectivity index (χ3v) is 3.31. The summed E-state index contributed by atoms with van der Waals surface area (Å²) in [7, 11) is 0. The molecule has 102 valence electrons. The summed E-state index contributed by atoms with van der Waals surface area (Å²) in [6, 6.07) is 15.9. The molecule has 0 spiro atoms. The molecule has 2 rings (SSSR count). The average Bonchev–Trinajstić information content (AvgIpc) is 2.47. The van der Waals surface area contributed by atoms with Crippen LogP contribution in [0.15, 0.2) is 54.6 Å². The first-order chi connectivity index (χ1) is 9.58. The highest BCUT2D eigenvalue weighted by Crippen LogP contribution is 2.22. The van der Waals surface area contributed by atoms with Gasteiger partial charge in [0.05, 0.1) is 0 Å². The van der Waals surface area contributed by atoms with Gasteiger partial charge in [0, 0.05) is 11.3 Å². The van der Waals surface area contributed by atoms with Gasteiger partial charge in [0.15, 0.2) is 5.78 Å². The van der Waals surface area contributed by atoms with Crippen molar-refractivity contribution >= 4 is 29.0 Å². The second kappa shape index (κ2) is 6.35. The third kappa shape index (κ3) is 3.45. The molecule has 2 aromatic carbocycles. The Bertz CT molecular complexity index is 625. The van der Waals surface area contributed by atoms with Gasteiger partial charge in [-0.25, -0.2) is 0 Å². The van der Waals surface area contributed by atoms with Crippen molar-refractivity contribution in [3.05, 3.63) is 65.7 Å². The van der Waals surface area contributed by atoms with Crippen LogP contribution in [0.5, 0.6) is 0 Å². The van der Waals surface area contributed by atoms with Crippen LogP contribution in [0.1, 0.15) is 28.2 Å². The van der Waals surface area contributed by atoms with Crippen molar-refractivity contribution in [1.82, 2.24) is 0 Å². The third-order valence-electron chi connectivity index (χ3n) is 2.86. The fraction of sp³-hybridized carbons (Fsp3) is 0.125. The Balaban J connectivity index is 2.12. The minimum absolute atomic E-state index is 0.0495. The second-order valence-electron chi connectivity index (χ2n) is 4.40. The number of rotatable bonds is 4. The van der Waals surface area contributed by atoms with E-state index in [9.17, 15) is 9.59 Å². The van der Waals surface area contributed by atoms with E-state index in [1.165, 1.54) is 6.92 Å². The summed E-state index contributed by atoms with van der Waals surface area (Å²) in [5.41, 5.74) is 1.84. The van der Waals surface area contributed by atoms with Gasteiger partial charge in [-0.3, -0.25) is 9.59 Å². The fourth-order valence-corrected chi connectivity index (χ4v) is 1.99. The molecule has 2 aromatic rings. The van der Waals surface area contributed by atoms with E-state index in [2.05, 4.69) is 5.32 Å². The van der Waals surface area contributed by atoms with Gasteiger partial charge in [-0.1, -0.05) is 42.5 Å². The zero-order valence-corrected chi connectivity index (χ0v) is 11.7. The standard InChI is InChI=1S/C16H14ClNO2/c1-11(19)13-8-5-9-14(10-13)18-16(20)15(17)12-6-3-2-4-7-12/h2-10,15H,1H3,(H,18,20)/t15-/m0/s1. The molecule has 0 aliphatic heterocycles. The van der Waals surface area contributed by atoms with Gasteiger partial charge in [0.2, 0.25) is 5.91 Å². The lowest BCUT2D eigenvalue weighted by Crippen LogP contribution is -2.17. The van der Waals surface area contributed by atoms with Crippen molar-refractivity contribution in [2.75, 3.05) is 5.32 Å². The molecular formula is C16H14ClNO2. The Morgan fingerprint density at radius 2 is 1.75 bits per heavy atom. The molecule has 1 atom stereocenters. The lowest BCUT2D eigenvalue weighted by molar-refractivity contribution is -0.116. The van der Waals surface area contributed by atoms with Crippen molar-refractivity contribution in [3.8, 4) is 0 Å². The lowest BCUT2D eigenvalue weighted by atomic mass is 10.1. The van der Waals surface area contributed by atoms with Crippen LogP contribution in [-0.4, -0.2) is 11.7 Å². The second-order valence-corrected chi connectivity index (χ2v) is 4.84. The number of halogens is 1. The van der Waals surface area contributed by atoms with E-state index in [-0.39, 0.29) is 11.7 Å². The molecule has 0 aliphatic rings. The van der Waals surface area contributed by atoms with Gasteiger partial charge >= 0.3 is 0 Å². The Morgan fingerprint density at radius 3 is 2.40 bits per heavy atom. The maximum absolute atomic E-state index is 12.1. The van der Waals surface area contributed by atoms with Crippen molar-refractivity contribution in [1.29, 1.82) is 0 Å². The highest BCUT2D eigenvalue weighted by atomic mass is 35.5. The number of ketones is 1. The number of hydrogen-bond acceptors (Lipinski definition) is 2. The predicted molar refractivity (Wildman–Crippen MR) is 80.1 cm³/mol. The fourth-order valence-electron chi connectivity index (χ4n) is 1.79. The molecule has 0 saturated carbocycles. The molecule has 0 bridgehead atoms. The first-order valence-electron chi connectivity index (χ1n) is 6.19. The van der Waals surface area contributed by atoms with Gasteiger partial charge in [-0.2, -0.15) is 0 Å². The molecule has 1 amide bonds. The van der Waals surface area contributed by atoms with E-state index in [4.69, 9.17) is 11.6 Å². The van der Waals surface area contributed by atoms with Crippen LogP contribution in [-0.2, 0) is 4.79 Å². The highest BCUT2D eigenvalue weighted by molar-refractivity contribution is 6.32. The summed E-state index contributed by atoms with van der Waals surface area (Å²) < 4.78 is 0. The van der Waals surface area contributed by atoms with Gasteiger partial charge in [0.25, 0.3) is 0 Å². The molecule has 1 N–H and O–H groups in total. The summed E-state index contributed by atoms with van der Waals surface area (Å²) >= 11 is 6.13. The lowest BCUT2D eigenvalue weighted by Gasteiger charge is -2.11. The number of alkyl halides is 1. The molecular weight excluding hydrogens is 274 g/mol. The van der Waals surface area contributed by atoms with Gasteiger partial charge in [-0.15, -0.1) is 11.6 Å². The Hall–Kier alpha value is -2.13. The number of carbonyl (C=O) groups is 2. The van der Waals surface area contributed by atoms with Crippen molar-refractivity contribution < 1.29 is 9.59 Å². The number of carbonyl (C=O) groups excluding carboxylic acids is 2. The molecule has 0 saturated heterocycles. The number of Topliss-reactive ketones (excluding diaryl/α,β-unsaturated/α-hetero) is 1. The SMILES string of the molecule is CC(=O)c1cccc(NC(=O)[C@@H](Cl)c2ccccc2)c1. The molecule has 0 aromatic heterocycles. The minimum Gasteiger partial charge on any atom is -0.324 e. The van der Waals surface area contributed by atoms with Crippen LogP contribution in [0.3, 0.4) is 0 Å². The maximum atomic E-state index is 12.1. The Morgan fingerprint density at radius 1 is 1.05 bits per heavy atom. The minimum atomic E-state index is -0.766. The monoisotopic (exact) mass is 287 g/mol. The molecule has 20 heavy (non-hydrogen) atoms. The van der Waals surface area contributed by atoms with Crippen LogP contribution in [0.4, 0.5) is 5.69 Å². The number of benzene rings is 2. The van der Waals surface area contributed by atoms with Crippen LogP contribution in [0, 0.1) is 0 Å². The smallest absolute Gasteiger partial charge is 0.246 e. The Labute approximate surface area is 122 Å². The summed E-state index contributed by atoms with van der Waals surface area (Å²) in [4.78, 5) is 23.4. The first-order valence-corrected chi connectivity index (χ1v) is 6.62. The average molecular weight is 288 g/mol. The number of nitrogens with one attached hydrogen (secondary N) is 1. The maximum Gasteiger partial charge on any atom is 0.246 e.